The predicted octanol–water partition coefficient (Wildman–Crippen LogP) is 0.753. The zero-order valence-electron chi connectivity index (χ0n) is 13.6. The fourth-order valence-electron chi connectivity index (χ4n) is 2.55. The highest BCUT2D eigenvalue weighted by Crippen LogP contribution is 2.27. The van der Waals surface area contributed by atoms with Gasteiger partial charge in [0.2, 0.25) is 0 Å². The molecular formula is C14H32N2O3. The Hall–Kier alpha value is -0.200. The molecule has 2 unspecified atom stereocenters. The van der Waals surface area contributed by atoms with E-state index in [9.17, 15) is 10.2 Å². The molecule has 0 saturated carbocycles. The van der Waals surface area contributed by atoms with Crippen LogP contribution in [0.3, 0.4) is 0 Å². The molecule has 0 amide bonds. The molecule has 0 aromatic carbocycles. The standard InChI is InChI=1S/C14H32N2O3/c1-11(2)16(12(3)4)14(10-17,13(5)18)19-9-8-15(6)7/h11-13,17-18H,8-10H2,1-7H3. The second kappa shape index (κ2) is 8.17. The Balaban J connectivity index is 5.12. The van der Waals surface area contributed by atoms with Gasteiger partial charge >= 0.3 is 0 Å². The van der Waals surface area contributed by atoms with Crippen LogP contribution < -0.4 is 0 Å². The van der Waals surface area contributed by atoms with Crippen molar-refractivity contribution in [3.05, 3.63) is 0 Å². The maximum Gasteiger partial charge on any atom is 0.171 e. The van der Waals surface area contributed by atoms with Crippen molar-refractivity contribution in [2.45, 2.75) is 58.5 Å². The molecule has 0 aliphatic carbocycles. The van der Waals surface area contributed by atoms with E-state index in [2.05, 4.69) is 0 Å². The summed E-state index contributed by atoms with van der Waals surface area (Å²) in [7, 11) is 3.93. The molecule has 2 atom stereocenters. The van der Waals surface area contributed by atoms with Gasteiger partial charge in [-0.25, -0.2) is 0 Å². The van der Waals surface area contributed by atoms with E-state index in [-0.39, 0.29) is 18.7 Å². The van der Waals surface area contributed by atoms with Crippen molar-refractivity contribution < 1.29 is 14.9 Å². The van der Waals surface area contributed by atoms with Gasteiger partial charge in [-0.2, -0.15) is 0 Å². The van der Waals surface area contributed by atoms with Gasteiger partial charge in [0.25, 0.3) is 0 Å². The second-order valence-corrected chi connectivity index (χ2v) is 5.93. The number of ether oxygens (including phenoxy) is 1. The Bertz CT molecular complexity index is 237. The van der Waals surface area contributed by atoms with Gasteiger partial charge in [0.05, 0.1) is 19.3 Å². The highest BCUT2D eigenvalue weighted by atomic mass is 16.5. The van der Waals surface area contributed by atoms with Crippen molar-refractivity contribution in [2.24, 2.45) is 0 Å². The first-order valence-corrected chi connectivity index (χ1v) is 7.05. The lowest BCUT2D eigenvalue weighted by Crippen LogP contribution is -2.65. The highest BCUT2D eigenvalue weighted by molar-refractivity contribution is 4.90. The maximum absolute atomic E-state index is 10.2. The van der Waals surface area contributed by atoms with Gasteiger partial charge in [0.1, 0.15) is 0 Å². The number of nitrogens with zero attached hydrogens (tertiary/aromatic N) is 2. The molecule has 0 bridgehead atoms. The van der Waals surface area contributed by atoms with Crippen LogP contribution in [-0.4, -0.2) is 77.8 Å². The van der Waals surface area contributed by atoms with Crippen LogP contribution in [0.4, 0.5) is 0 Å². The Morgan fingerprint density at radius 2 is 1.53 bits per heavy atom. The molecule has 0 aromatic heterocycles. The van der Waals surface area contributed by atoms with Gasteiger partial charge in [-0.3, -0.25) is 4.90 Å². The summed E-state index contributed by atoms with van der Waals surface area (Å²) in [5.74, 6) is 0. The smallest absolute Gasteiger partial charge is 0.171 e. The fourth-order valence-corrected chi connectivity index (χ4v) is 2.55. The fraction of sp³-hybridized carbons (Fsp3) is 1.00. The van der Waals surface area contributed by atoms with Gasteiger partial charge in [-0.15, -0.1) is 0 Å². The largest absolute Gasteiger partial charge is 0.392 e. The van der Waals surface area contributed by atoms with E-state index in [4.69, 9.17) is 4.74 Å². The molecule has 2 N–H and O–H groups in total. The van der Waals surface area contributed by atoms with Crippen LogP contribution in [0.5, 0.6) is 0 Å². The van der Waals surface area contributed by atoms with Gasteiger partial charge < -0.3 is 19.8 Å². The van der Waals surface area contributed by atoms with Crippen molar-refractivity contribution in [3.8, 4) is 0 Å². The number of aliphatic hydroxyl groups excluding tert-OH is 2. The molecule has 5 nitrogen and oxygen atoms in total. The summed E-state index contributed by atoms with van der Waals surface area (Å²) in [5, 5.41) is 20.0. The predicted molar refractivity (Wildman–Crippen MR) is 78.1 cm³/mol. The Kier molecular flexibility index (Phi) is 8.08. The molecular weight excluding hydrogens is 244 g/mol. The molecule has 116 valence electrons. The minimum atomic E-state index is -1.04. The highest BCUT2D eigenvalue weighted by Gasteiger charge is 2.44. The third-order valence-corrected chi connectivity index (χ3v) is 3.32. The van der Waals surface area contributed by atoms with Crippen molar-refractivity contribution in [1.29, 1.82) is 0 Å². The normalized spacial score (nSPS) is 17.5. The molecule has 0 rings (SSSR count). The van der Waals surface area contributed by atoms with E-state index in [1.165, 1.54) is 0 Å². The van der Waals surface area contributed by atoms with Crippen LogP contribution in [0.25, 0.3) is 0 Å². The third kappa shape index (κ3) is 5.00. The van der Waals surface area contributed by atoms with Crippen LogP contribution in [-0.2, 0) is 4.74 Å². The lowest BCUT2D eigenvalue weighted by Gasteiger charge is -2.48. The van der Waals surface area contributed by atoms with Crippen LogP contribution in [0.15, 0.2) is 0 Å². The number of hydrogen-bond acceptors (Lipinski definition) is 5. The van der Waals surface area contributed by atoms with Gasteiger partial charge in [-0.1, -0.05) is 0 Å². The number of rotatable bonds is 9. The zero-order valence-corrected chi connectivity index (χ0v) is 13.6. The van der Waals surface area contributed by atoms with Crippen LogP contribution in [0.1, 0.15) is 34.6 Å². The van der Waals surface area contributed by atoms with Gasteiger partial charge in [0, 0.05) is 18.6 Å². The number of aliphatic hydroxyl groups is 2. The van der Waals surface area contributed by atoms with Crippen molar-refractivity contribution in [2.75, 3.05) is 33.9 Å². The summed E-state index contributed by atoms with van der Waals surface area (Å²) in [5.41, 5.74) is -1.04. The van der Waals surface area contributed by atoms with Crippen LogP contribution in [0, 0.1) is 0 Å². The van der Waals surface area contributed by atoms with E-state index in [0.29, 0.717) is 6.61 Å². The van der Waals surface area contributed by atoms with E-state index in [1.54, 1.807) is 6.92 Å². The minimum absolute atomic E-state index is 0.168. The molecule has 0 saturated heterocycles. The topological polar surface area (TPSA) is 56.2 Å². The van der Waals surface area contributed by atoms with Crippen molar-refractivity contribution in [1.82, 2.24) is 9.80 Å². The summed E-state index contributed by atoms with van der Waals surface area (Å²) in [6, 6.07) is 0.335. The molecule has 0 aromatic rings. The lowest BCUT2D eigenvalue weighted by molar-refractivity contribution is -0.245. The van der Waals surface area contributed by atoms with Crippen molar-refractivity contribution >= 4 is 0 Å². The zero-order chi connectivity index (χ0) is 15.2. The average Bonchev–Trinajstić information content (AvgIpc) is 2.25. The summed E-state index contributed by atoms with van der Waals surface area (Å²) < 4.78 is 5.92. The Morgan fingerprint density at radius 3 is 1.79 bits per heavy atom. The quantitative estimate of drug-likeness (QED) is 0.609. The van der Waals surface area contributed by atoms with E-state index in [1.807, 2.05) is 51.6 Å². The van der Waals surface area contributed by atoms with E-state index in [0.717, 1.165) is 6.54 Å². The van der Waals surface area contributed by atoms with Gasteiger partial charge in [-0.05, 0) is 48.7 Å². The summed E-state index contributed by atoms with van der Waals surface area (Å²) in [4.78, 5) is 4.05. The Labute approximate surface area is 118 Å². The van der Waals surface area contributed by atoms with Gasteiger partial charge in [0.15, 0.2) is 5.72 Å². The first kappa shape index (κ1) is 18.8. The third-order valence-electron chi connectivity index (χ3n) is 3.32. The van der Waals surface area contributed by atoms with E-state index >= 15 is 0 Å². The molecule has 0 spiro atoms. The molecule has 0 aliphatic heterocycles. The molecule has 19 heavy (non-hydrogen) atoms. The summed E-state index contributed by atoms with van der Waals surface area (Å²) in [6.07, 6.45) is -0.774. The molecule has 0 fully saturated rings. The number of hydrogen-bond donors (Lipinski definition) is 2. The first-order chi connectivity index (χ1) is 8.69. The number of likely N-dealkylation sites (N-methyl/N-ethyl adjacent to an activating group) is 1. The van der Waals surface area contributed by atoms with E-state index < -0.39 is 11.8 Å². The van der Waals surface area contributed by atoms with Crippen LogP contribution >= 0.6 is 0 Å². The van der Waals surface area contributed by atoms with Crippen molar-refractivity contribution in [3.63, 3.8) is 0 Å². The molecule has 0 heterocycles. The first-order valence-electron chi connectivity index (χ1n) is 7.05. The molecule has 0 aliphatic rings. The molecule has 5 heteroatoms. The Morgan fingerprint density at radius 1 is 1.05 bits per heavy atom. The summed E-state index contributed by atoms with van der Waals surface area (Å²) in [6.45, 7) is 10.8. The molecule has 0 radical (unpaired) electrons. The average molecular weight is 276 g/mol. The monoisotopic (exact) mass is 276 g/mol. The maximum atomic E-state index is 10.2. The lowest BCUT2D eigenvalue weighted by atomic mass is 10.0. The van der Waals surface area contributed by atoms with Crippen LogP contribution in [0.2, 0.25) is 0 Å². The second-order valence-electron chi connectivity index (χ2n) is 5.93. The minimum Gasteiger partial charge on any atom is -0.392 e. The summed E-state index contributed by atoms with van der Waals surface area (Å²) >= 11 is 0. The SMILES string of the molecule is CC(C)N(C(C)C)C(CO)(OCCN(C)C)C(C)O.